The van der Waals surface area contributed by atoms with Crippen molar-refractivity contribution in [3.05, 3.63) is 35.9 Å². The van der Waals surface area contributed by atoms with Gasteiger partial charge in [0.05, 0.1) is 5.71 Å². The van der Waals surface area contributed by atoms with Crippen molar-refractivity contribution < 1.29 is 4.84 Å². The maximum atomic E-state index is 4.71. The van der Waals surface area contributed by atoms with E-state index >= 15 is 0 Å². The lowest BCUT2D eigenvalue weighted by Gasteiger charge is -2.00. The van der Waals surface area contributed by atoms with E-state index in [1.165, 1.54) is 0 Å². The van der Waals surface area contributed by atoms with Crippen LogP contribution in [-0.4, -0.2) is 18.2 Å². The van der Waals surface area contributed by atoms with Crippen LogP contribution >= 0.6 is 15.9 Å². The molecule has 1 aromatic carbocycles. The SMILES string of the molecule is CO/N=C(/CBr)c1ccccc1. The number of halogens is 1. The van der Waals surface area contributed by atoms with E-state index in [0.29, 0.717) is 5.33 Å². The van der Waals surface area contributed by atoms with Gasteiger partial charge in [-0.2, -0.15) is 0 Å². The van der Waals surface area contributed by atoms with Gasteiger partial charge in [-0.1, -0.05) is 51.4 Å². The number of alkyl halides is 1. The Labute approximate surface area is 80.4 Å². The van der Waals surface area contributed by atoms with Crippen LogP contribution in [0.5, 0.6) is 0 Å². The van der Waals surface area contributed by atoms with Crippen LogP contribution in [0, 0.1) is 0 Å². The monoisotopic (exact) mass is 227 g/mol. The number of rotatable bonds is 3. The second-order valence-corrected chi connectivity index (χ2v) is 2.78. The summed E-state index contributed by atoms with van der Waals surface area (Å²) in [6.07, 6.45) is 0. The fourth-order valence-electron chi connectivity index (χ4n) is 0.895. The minimum absolute atomic E-state index is 0.699. The Balaban J connectivity index is 2.88. The third-order valence-electron chi connectivity index (χ3n) is 1.44. The third-order valence-corrected chi connectivity index (χ3v) is 1.97. The summed E-state index contributed by atoms with van der Waals surface area (Å²) in [5.41, 5.74) is 1.98. The number of nitrogens with zero attached hydrogens (tertiary/aromatic N) is 1. The van der Waals surface area contributed by atoms with Gasteiger partial charge in [0.25, 0.3) is 0 Å². The van der Waals surface area contributed by atoms with Crippen LogP contribution in [0.3, 0.4) is 0 Å². The van der Waals surface area contributed by atoms with Crippen molar-refractivity contribution in [2.45, 2.75) is 0 Å². The Morgan fingerprint density at radius 3 is 2.58 bits per heavy atom. The Hall–Kier alpha value is -0.830. The summed E-state index contributed by atoms with van der Waals surface area (Å²) < 4.78 is 0. The molecule has 0 unspecified atom stereocenters. The van der Waals surface area contributed by atoms with Gasteiger partial charge in [-0.15, -0.1) is 0 Å². The molecule has 0 bridgehead atoms. The molecule has 0 saturated heterocycles. The normalized spacial score (nSPS) is 11.3. The Kier molecular flexibility index (Phi) is 3.80. The largest absolute Gasteiger partial charge is 0.399 e. The first-order valence-electron chi connectivity index (χ1n) is 3.60. The minimum Gasteiger partial charge on any atom is -0.399 e. The summed E-state index contributed by atoms with van der Waals surface area (Å²) in [5, 5.41) is 4.58. The van der Waals surface area contributed by atoms with Crippen LogP contribution in [-0.2, 0) is 4.84 Å². The summed E-state index contributed by atoms with van der Waals surface area (Å²) in [6.45, 7) is 0. The van der Waals surface area contributed by atoms with Crippen LogP contribution in [0.25, 0.3) is 0 Å². The van der Waals surface area contributed by atoms with Crippen LogP contribution < -0.4 is 0 Å². The predicted molar refractivity (Wildman–Crippen MR) is 53.8 cm³/mol. The third kappa shape index (κ3) is 2.34. The molecule has 12 heavy (non-hydrogen) atoms. The lowest BCUT2D eigenvalue weighted by Crippen LogP contribution is -2.02. The van der Waals surface area contributed by atoms with Crippen molar-refractivity contribution in [1.82, 2.24) is 0 Å². The van der Waals surface area contributed by atoms with E-state index in [2.05, 4.69) is 21.1 Å². The number of oxime groups is 1. The van der Waals surface area contributed by atoms with Crippen LogP contribution in [0.4, 0.5) is 0 Å². The van der Waals surface area contributed by atoms with Crippen molar-refractivity contribution in [2.24, 2.45) is 5.16 Å². The van der Waals surface area contributed by atoms with E-state index in [-0.39, 0.29) is 0 Å². The van der Waals surface area contributed by atoms with E-state index in [1.807, 2.05) is 30.3 Å². The molecule has 0 amide bonds. The fraction of sp³-hybridized carbons (Fsp3) is 0.222. The van der Waals surface area contributed by atoms with Crippen LogP contribution in [0.1, 0.15) is 5.56 Å². The topological polar surface area (TPSA) is 21.6 Å². The summed E-state index contributed by atoms with van der Waals surface area (Å²) >= 11 is 3.34. The highest BCUT2D eigenvalue weighted by molar-refractivity contribution is 9.09. The maximum Gasteiger partial charge on any atom is 0.106 e. The molecule has 0 atom stereocenters. The Morgan fingerprint density at radius 2 is 2.08 bits per heavy atom. The Bertz CT molecular complexity index is 258. The zero-order valence-corrected chi connectivity index (χ0v) is 8.41. The first-order valence-corrected chi connectivity index (χ1v) is 4.72. The molecule has 0 heterocycles. The van der Waals surface area contributed by atoms with Gasteiger partial charge in [-0.25, -0.2) is 0 Å². The molecule has 2 nitrogen and oxygen atoms in total. The molecule has 0 N–H and O–H groups in total. The minimum atomic E-state index is 0.699. The molecular formula is C9H10BrNO. The van der Waals surface area contributed by atoms with Crippen molar-refractivity contribution >= 4 is 21.6 Å². The number of benzene rings is 1. The van der Waals surface area contributed by atoms with E-state index in [1.54, 1.807) is 7.11 Å². The maximum absolute atomic E-state index is 4.71. The molecule has 64 valence electrons. The first kappa shape index (κ1) is 9.26. The highest BCUT2D eigenvalue weighted by Gasteiger charge is 1.99. The molecule has 0 aliphatic carbocycles. The van der Waals surface area contributed by atoms with Gasteiger partial charge in [-0.05, 0) is 0 Å². The summed E-state index contributed by atoms with van der Waals surface area (Å²) in [7, 11) is 1.55. The van der Waals surface area contributed by atoms with E-state index < -0.39 is 0 Å². The standard InChI is InChI=1S/C9H10BrNO/c1-12-11-9(7-10)8-5-3-2-4-6-8/h2-6H,7H2,1H3/b11-9-. The second kappa shape index (κ2) is 4.93. The van der Waals surface area contributed by atoms with Crippen LogP contribution in [0.2, 0.25) is 0 Å². The van der Waals surface area contributed by atoms with Gasteiger partial charge in [0.1, 0.15) is 7.11 Å². The second-order valence-electron chi connectivity index (χ2n) is 2.22. The number of hydrogen-bond donors (Lipinski definition) is 0. The highest BCUT2D eigenvalue weighted by Crippen LogP contribution is 2.03. The van der Waals surface area contributed by atoms with E-state index in [4.69, 9.17) is 4.84 Å². The predicted octanol–water partition coefficient (Wildman–Crippen LogP) is 2.43. The zero-order valence-electron chi connectivity index (χ0n) is 6.83. The molecule has 0 aliphatic heterocycles. The molecule has 0 saturated carbocycles. The first-order chi connectivity index (χ1) is 5.88. The molecule has 1 rings (SSSR count). The number of hydrogen-bond acceptors (Lipinski definition) is 2. The quantitative estimate of drug-likeness (QED) is 0.442. The van der Waals surface area contributed by atoms with Crippen molar-refractivity contribution in [3.8, 4) is 0 Å². The molecule has 1 aromatic rings. The Morgan fingerprint density at radius 1 is 1.42 bits per heavy atom. The van der Waals surface area contributed by atoms with Gasteiger partial charge >= 0.3 is 0 Å². The van der Waals surface area contributed by atoms with Crippen LogP contribution in [0.15, 0.2) is 35.5 Å². The smallest absolute Gasteiger partial charge is 0.106 e. The molecule has 0 aromatic heterocycles. The van der Waals surface area contributed by atoms with Gasteiger partial charge in [0.2, 0.25) is 0 Å². The summed E-state index contributed by atoms with van der Waals surface area (Å²) in [4.78, 5) is 4.71. The van der Waals surface area contributed by atoms with Gasteiger partial charge in [0, 0.05) is 10.9 Å². The van der Waals surface area contributed by atoms with Gasteiger partial charge in [-0.3, -0.25) is 0 Å². The van der Waals surface area contributed by atoms with Gasteiger partial charge in [0.15, 0.2) is 0 Å². The molecule has 0 aliphatic rings. The molecular weight excluding hydrogens is 218 g/mol. The lowest BCUT2D eigenvalue weighted by atomic mass is 10.1. The summed E-state index contributed by atoms with van der Waals surface area (Å²) in [5.74, 6) is 0. The van der Waals surface area contributed by atoms with E-state index in [0.717, 1.165) is 11.3 Å². The molecule has 0 radical (unpaired) electrons. The molecule has 0 fully saturated rings. The van der Waals surface area contributed by atoms with Gasteiger partial charge < -0.3 is 4.84 Å². The van der Waals surface area contributed by atoms with Crippen molar-refractivity contribution in [1.29, 1.82) is 0 Å². The van der Waals surface area contributed by atoms with Crippen molar-refractivity contribution in [2.75, 3.05) is 12.4 Å². The lowest BCUT2D eigenvalue weighted by molar-refractivity contribution is 0.213. The van der Waals surface area contributed by atoms with E-state index in [9.17, 15) is 0 Å². The highest BCUT2D eigenvalue weighted by atomic mass is 79.9. The zero-order chi connectivity index (χ0) is 8.81. The molecule has 3 heteroatoms. The van der Waals surface area contributed by atoms with Crippen molar-refractivity contribution in [3.63, 3.8) is 0 Å². The average molecular weight is 228 g/mol. The average Bonchev–Trinajstić information content (AvgIpc) is 2.15. The fourth-order valence-corrected chi connectivity index (χ4v) is 1.32. The summed E-state index contributed by atoms with van der Waals surface area (Å²) in [6, 6.07) is 9.92. The molecule has 0 spiro atoms.